The maximum Gasteiger partial charge on any atom is 0.191 e. The molecule has 0 aliphatic rings. The van der Waals surface area contributed by atoms with Crippen LogP contribution in [-0.4, -0.2) is 25.6 Å². The molecular formula is C17H25N3S2. The van der Waals surface area contributed by atoms with Crippen LogP contribution in [0, 0.1) is 6.92 Å². The van der Waals surface area contributed by atoms with E-state index in [1.807, 2.05) is 18.4 Å². The first-order valence-corrected chi connectivity index (χ1v) is 9.39. The summed E-state index contributed by atoms with van der Waals surface area (Å²) in [5.41, 5.74) is 1.38. The first-order valence-electron chi connectivity index (χ1n) is 7.63. The van der Waals surface area contributed by atoms with Gasteiger partial charge in [-0.15, -0.1) is 11.3 Å². The molecule has 0 fully saturated rings. The van der Waals surface area contributed by atoms with Crippen molar-refractivity contribution in [2.75, 3.05) is 13.6 Å². The third kappa shape index (κ3) is 5.14. The summed E-state index contributed by atoms with van der Waals surface area (Å²) >= 11 is 3.62. The molecule has 120 valence electrons. The van der Waals surface area contributed by atoms with Crippen LogP contribution in [0.2, 0.25) is 0 Å². The van der Waals surface area contributed by atoms with Crippen molar-refractivity contribution in [3.05, 3.63) is 44.3 Å². The van der Waals surface area contributed by atoms with Gasteiger partial charge < -0.3 is 10.6 Å². The zero-order valence-electron chi connectivity index (χ0n) is 13.7. The Kier molecular flexibility index (Phi) is 6.46. The molecule has 0 aliphatic heterocycles. The topological polar surface area (TPSA) is 36.4 Å². The highest BCUT2D eigenvalue weighted by Gasteiger charge is 2.10. The van der Waals surface area contributed by atoms with Gasteiger partial charge in [0.25, 0.3) is 0 Å². The SMILES string of the molecule is CN=C(NCC(C)c1ccsc1)NC(C)Cc1ccc(C)s1. The molecule has 2 atom stereocenters. The third-order valence-electron chi connectivity index (χ3n) is 3.60. The Hall–Kier alpha value is -1.33. The molecule has 0 saturated carbocycles. The van der Waals surface area contributed by atoms with E-state index in [0.29, 0.717) is 12.0 Å². The molecule has 2 N–H and O–H groups in total. The molecule has 2 rings (SSSR count). The molecule has 0 saturated heterocycles. The minimum absolute atomic E-state index is 0.362. The Balaban J connectivity index is 1.79. The van der Waals surface area contributed by atoms with E-state index in [2.05, 4.69) is 65.4 Å². The van der Waals surface area contributed by atoms with Crippen molar-refractivity contribution in [2.45, 2.75) is 39.2 Å². The number of aliphatic imine (C=N–C) groups is 1. The number of hydrogen-bond donors (Lipinski definition) is 2. The van der Waals surface area contributed by atoms with E-state index in [0.717, 1.165) is 18.9 Å². The molecule has 0 aromatic carbocycles. The van der Waals surface area contributed by atoms with E-state index < -0.39 is 0 Å². The van der Waals surface area contributed by atoms with E-state index >= 15 is 0 Å². The highest BCUT2D eigenvalue weighted by Crippen LogP contribution is 2.18. The molecule has 3 nitrogen and oxygen atoms in total. The van der Waals surface area contributed by atoms with Crippen LogP contribution in [0.15, 0.2) is 34.0 Å². The zero-order chi connectivity index (χ0) is 15.9. The van der Waals surface area contributed by atoms with Crippen molar-refractivity contribution in [1.29, 1.82) is 0 Å². The van der Waals surface area contributed by atoms with Gasteiger partial charge in [0.05, 0.1) is 0 Å². The number of rotatable bonds is 6. The van der Waals surface area contributed by atoms with Gasteiger partial charge in [0, 0.05) is 35.8 Å². The molecule has 22 heavy (non-hydrogen) atoms. The van der Waals surface area contributed by atoms with E-state index in [-0.39, 0.29) is 0 Å². The summed E-state index contributed by atoms with van der Waals surface area (Å²) in [4.78, 5) is 7.11. The van der Waals surface area contributed by atoms with Gasteiger partial charge in [0.1, 0.15) is 0 Å². The van der Waals surface area contributed by atoms with Crippen molar-refractivity contribution in [3.63, 3.8) is 0 Å². The molecule has 0 amide bonds. The van der Waals surface area contributed by atoms with Crippen molar-refractivity contribution >= 4 is 28.6 Å². The second kappa shape index (κ2) is 8.34. The van der Waals surface area contributed by atoms with Gasteiger partial charge in [-0.25, -0.2) is 0 Å². The number of nitrogens with zero attached hydrogens (tertiary/aromatic N) is 1. The van der Waals surface area contributed by atoms with Gasteiger partial charge in [-0.2, -0.15) is 11.3 Å². The van der Waals surface area contributed by atoms with E-state index in [1.165, 1.54) is 15.3 Å². The van der Waals surface area contributed by atoms with Crippen LogP contribution in [0.1, 0.15) is 35.1 Å². The Morgan fingerprint density at radius 3 is 2.68 bits per heavy atom. The molecule has 5 heteroatoms. The van der Waals surface area contributed by atoms with Gasteiger partial charge in [-0.3, -0.25) is 4.99 Å². The summed E-state index contributed by atoms with van der Waals surface area (Å²) in [6.45, 7) is 7.48. The largest absolute Gasteiger partial charge is 0.356 e. The monoisotopic (exact) mass is 335 g/mol. The van der Waals surface area contributed by atoms with E-state index in [4.69, 9.17) is 0 Å². The molecule has 2 aromatic rings. The number of hydrogen-bond acceptors (Lipinski definition) is 3. The van der Waals surface area contributed by atoms with Gasteiger partial charge in [-0.1, -0.05) is 6.92 Å². The van der Waals surface area contributed by atoms with Crippen LogP contribution in [0.4, 0.5) is 0 Å². The third-order valence-corrected chi connectivity index (χ3v) is 5.32. The highest BCUT2D eigenvalue weighted by atomic mass is 32.1. The average Bonchev–Trinajstić information content (AvgIpc) is 3.14. The predicted molar refractivity (Wildman–Crippen MR) is 99.5 cm³/mol. The normalized spacial score (nSPS) is 14.6. The summed E-state index contributed by atoms with van der Waals surface area (Å²) in [5, 5.41) is 11.2. The lowest BCUT2D eigenvalue weighted by Crippen LogP contribution is -2.44. The second-order valence-corrected chi connectivity index (χ2v) is 7.83. The van der Waals surface area contributed by atoms with Crippen molar-refractivity contribution < 1.29 is 0 Å². The lowest BCUT2D eigenvalue weighted by Gasteiger charge is -2.19. The standard InChI is InChI=1S/C17H25N3S2/c1-12(15-7-8-21-11-15)10-19-17(18-4)20-13(2)9-16-6-5-14(3)22-16/h5-8,11-13H,9-10H2,1-4H3,(H2,18,19,20). The van der Waals surface area contributed by atoms with Gasteiger partial charge in [-0.05, 0) is 54.3 Å². The van der Waals surface area contributed by atoms with Gasteiger partial charge in [0.15, 0.2) is 5.96 Å². The van der Waals surface area contributed by atoms with E-state index in [9.17, 15) is 0 Å². The van der Waals surface area contributed by atoms with E-state index in [1.54, 1.807) is 11.3 Å². The average molecular weight is 336 g/mol. The van der Waals surface area contributed by atoms with Crippen LogP contribution in [0.3, 0.4) is 0 Å². The lowest BCUT2D eigenvalue weighted by atomic mass is 10.1. The molecule has 0 bridgehead atoms. The summed E-state index contributed by atoms with van der Waals surface area (Å²) in [5.74, 6) is 1.36. The molecule has 2 heterocycles. The molecule has 0 radical (unpaired) electrons. The van der Waals surface area contributed by atoms with Crippen molar-refractivity contribution in [3.8, 4) is 0 Å². The maximum atomic E-state index is 4.33. The Bertz CT molecular complexity index is 587. The molecular weight excluding hydrogens is 310 g/mol. The van der Waals surface area contributed by atoms with Crippen LogP contribution < -0.4 is 10.6 Å². The summed E-state index contributed by atoms with van der Waals surface area (Å²) in [6.07, 6.45) is 1.03. The highest BCUT2D eigenvalue weighted by molar-refractivity contribution is 7.11. The van der Waals surface area contributed by atoms with Crippen molar-refractivity contribution in [2.24, 2.45) is 4.99 Å². The first-order chi connectivity index (χ1) is 10.6. The molecule has 2 aromatic heterocycles. The fraction of sp³-hybridized carbons (Fsp3) is 0.471. The number of thiophene rings is 2. The Morgan fingerprint density at radius 2 is 2.09 bits per heavy atom. The molecule has 0 aliphatic carbocycles. The Morgan fingerprint density at radius 1 is 1.27 bits per heavy atom. The number of aryl methyl sites for hydroxylation is 1. The quantitative estimate of drug-likeness (QED) is 0.618. The smallest absolute Gasteiger partial charge is 0.191 e. The summed E-state index contributed by atoms with van der Waals surface area (Å²) in [6, 6.07) is 6.95. The number of guanidine groups is 1. The minimum atomic E-state index is 0.362. The van der Waals surface area contributed by atoms with Gasteiger partial charge >= 0.3 is 0 Å². The minimum Gasteiger partial charge on any atom is -0.356 e. The fourth-order valence-corrected chi connectivity index (χ4v) is 4.10. The molecule has 0 spiro atoms. The zero-order valence-corrected chi connectivity index (χ0v) is 15.4. The second-order valence-electron chi connectivity index (χ2n) is 5.67. The van der Waals surface area contributed by atoms with Crippen molar-refractivity contribution in [1.82, 2.24) is 10.6 Å². The first kappa shape index (κ1) is 17.0. The predicted octanol–water partition coefficient (Wildman–Crippen LogP) is 4.02. The summed E-state index contributed by atoms with van der Waals surface area (Å²) in [7, 11) is 1.83. The van der Waals surface area contributed by atoms with Crippen LogP contribution in [0.5, 0.6) is 0 Å². The molecule has 2 unspecified atom stereocenters. The van der Waals surface area contributed by atoms with Crippen LogP contribution >= 0.6 is 22.7 Å². The van der Waals surface area contributed by atoms with Gasteiger partial charge in [0.2, 0.25) is 0 Å². The summed E-state index contributed by atoms with van der Waals surface area (Å²) < 4.78 is 0. The van der Waals surface area contributed by atoms with Crippen LogP contribution in [0.25, 0.3) is 0 Å². The Labute approximate surface area is 141 Å². The number of nitrogens with one attached hydrogen (secondary N) is 2. The maximum absolute atomic E-state index is 4.33. The lowest BCUT2D eigenvalue weighted by molar-refractivity contribution is 0.631. The fourth-order valence-electron chi connectivity index (χ4n) is 2.30. The van der Waals surface area contributed by atoms with Crippen LogP contribution in [-0.2, 0) is 6.42 Å².